The minimum atomic E-state index is -1.34. The van der Waals surface area contributed by atoms with Crippen LogP contribution in [0.3, 0.4) is 0 Å². The van der Waals surface area contributed by atoms with Crippen LogP contribution in [0.4, 0.5) is 0 Å². The van der Waals surface area contributed by atoms with E-state index in [1.165, 1.54) is 0 Å². The van der Waals surface area contributed by atoms with Gasteiger partial charge in [0.1, 0.15) is 5.15 Å². The maximum absolute atomic E-state index is 11.9. The largest absolute Gasteiger partial charge is 1.00 e. The van der Waals surface area contributed by atoms with Gasteiger partial charge in [-0.3, -0.25) is 14.2 Å². The van der Waals surface area contributed by atoms with Crippen molar-refractivity contribution in [2.45, 2.75) is 42.5 Å². The summed E-state index contributed by atoms with van der Waals surface area (Å²) >= 11 is 18.8. The quantitative estimate of drug-likeness (QED) is 0.146. The zero-order valence-electron chi connectivity index (χ0n) is 31.2. The smallest absolute Gasteiger partial charge is 0.857 e. The number of halogens is 5. The minimum Gasteiger partial charge on any atom is -0.857 e. The molecule has 0 spiro atoms. The summed E-state index contributed by atoms with van der Waals surface area (Å²) in [5.41, 5.74) is 4.88. The van der Waals surface area contributed by atoms with Gasteiger partial charge >= 0.3 is 36.7 Å². The van der Waals surface area contributed by atoms with Crippen LogP contribution in [0.2, 0.25) is 5.15 Å². The van der Waals surface area contributed by atoms with E-state index in [4.69, 9.17) is 31.5 Å². The first-order valence-electron chi connectivity index (χ1n) is 15.7. The SMILES string of the molecule is C.C.COc1ncc(Br)cc1C.C[O-].Cc1cc(Br)c[nH]c1=O.Cc1cc(Br)cn(-c2ccccc2)c1=O.Cc1cc(Br)cnc1Cl.OB(O)c1ccccc1.[Na+]. The molecular formula is C40H47BBr4ClN4NaO6. The van der Waals surface area contributed by atoms with Gasteiger partial charge < -0.3 is 24.9 Å². The fourth-order valence-corrected chi connectivity index (χ4v) is 5.91. The molecule has 0 atom stereocenters. The Morgan fingerprint density at radius 1 is 0.719 bits per heavy atom. The number of nitrogens with one attached hydrogen (secondary N) is 1. The van der Waals surface area contributed by atoms with E-state index < -0.39 is 7.12 Å². The number of aromatic nitrogens is 4. The topological polar surface area (TPSA) is 153 Å². The molecule has 0 radical (unpaired) electrons. The predicted octanol–water partition coefficient (Wildman–Crippen LogP) is 5.94. The molecule has 0 saturated heterocycles. The van der Waals surface area contributed by atoms with Crippen LogP contribution in [0, 0.1) is 27.7 Å². The van der Waals surface area contributed by atoms with Crippen molar-refractivity contribution in [1.82, 2.24) is 19.5 Å². The predicted molar refractivity (Wildman–Crippen MR) is 245 cm³/mol. The molecule has 2 aromatic carbocycles. The van der Waals surface area contributed by atoms with E-state index in [0.29, 0.717) is 16.5 Å². The first-order chi connectivity index (χ1) is 25.6. The van der Waals surface area contributed by atoms with Crippen molar-refractivity contribution in [3.8, 4) is 11.6 Å². The first kappa shape index (κ1) is 58.9. The van der Waals surface area contributed by atoms with Crippen LogP contribution >= 0.6 is 75.3 Å². The Balaban J connectivity index is -0.000000634. The van der Waals surface area contributed by atoms with Gasteiger partial charge in [0.05, 0.1) is 7.11 Å². The molecule has 0 aliphatic rings. The maximum atomic E-state index is 11.9. The van der Waals surface area contributed by atoms with Gasteiger partial charge in [0, 0.05) is 65.1 Å². The molecular weight excluding hydrogens is 1020 g/mol. The molecule has 0 aliphatic heterocycles. The average Bonchev–Trinajstić information content (AvgIpc) is 3.16. The van der Waals surface area contributed by atoms with Gasteiger partial charge in [0.25, 0.3) is 11.1 Å². The number of aryl methyl sites for hydroxylation is 4. The van der Waals surface area contributed by atoms with E-state index in [-0.39, 0.29) is 55.5 Å². The number of methoxy groups -OCH3 is 1. The molecule has 0 bridgehead atoms. The van der Waals surface area contributed by atoms with Gasteiger partial charge in [-0.2, -0.15) is 7.11 Å². The van der Waals surface area contributed by atoms with Gasteiger partial charge in [-0.05, 0) is 139 Å². The Labute approximate surface area is 397 Å². The third-order valence-electron chi connectivity index (χ3n) is 6.52. The Hall–Kier alpha value is -2.41. The number of hydrogen-bond donors (Lipinski definition) is 3. The monoisotopic (exact) mass is 1060 g/mol. The maximum Gasteiger partial charge on any atom is 1.00 e. The number of rotatable bonds is 3. The summed E-state index contributed by atoms with van der Waals surface area (Å²) < 4.78 is 10.4. The summed E-state index contributed by atoms with van der Waals surface area (Å²) in [6.45, 7) is 7.45. The van der Waals surface area contributed by atoms with E-state index >= 15 is 0 Å². The molecule has 0 saturated carbocycles. The number of H-pyrrole nitrogens is 1. The van der Waals surface area contributed by atoms with Crippen molar-refractivity contribution in [2.75, 3.05) is 14.2 Å². The molecule has 6 rings (SSSR count). The molecule has 17 heteroatoms. The van der Waals surface area contributed by atoms with Gasteiger partial charge in [-0.1, -0.05) is 75.0 Å². The second-order valence-electron chi connectivity index (χ2n) is 10.7. The van der Waals surface area contributed by atoms with Crippen molar-refractivity contribution >= 4 is 87.9 Å². The number of pyridine rings is 4. The summed E-state index contributed by atoms with van der Waals surface area (Å²) in [6.07, 6.45) is 6.79. The van der Waals surface area contributed by atoms with Crippen molar-refractivity contribution in [1.29, 1.82) is 0 Å². The Kier molecular flexibility index (Phi) is 33.5. The fourth-order valence-electron chi connectivity index (χ4n) is 3.91. The van der Waals surface area contributed by atoms with E-state index in [0.717, 1.165) is 52.9 Å². The van der Waals surface area contributed by atoms with Crippen molar-refractivity contribution in [3.05, 3.63) is 176 Å². The molecule has 0 amide bonds. The van der Waals surface area contributed by atoms with E-state index in [9.17, 15) is 9.59 Å². The van der Waals surface area contributed by atoms with Crippen LogP contribution in [0.15, 0.2) is 137 Å². The summed E-state index contributed by atoms with van der Waals surface area (Å²) in [4.78, 5) is 33.0. The van der Waals surface area contributed by atoms with Crippen LogP contribution < -0.4 is 56.0 Å². The summed E-state index contributed by atoms with van der Waals surface area (Å²) in [5.74, 6) is 0.684. The second-order valence-corrected chi connectivity index (χ2v) is 14.7. The number of nitrogens with zero attached hydrogens (tertiary/aromatic N) is 3. The third-order valence-corrected chi connectivity index (χ3v) is 8.67. The number of para-hydroxylation sites is 1. The number of ether oxygens (including phenoxy) is 1. The molecule has 0 aliphatic carbocycles. The van der Waals surface area contributed by atoms with Crippen LogP contribution in [0.5, 0.6) is 5.88 Å². The molecule has 302 valence electrons. The number of aromatic amines is 1. The second kappa shape index (κ2) is 32.4. The van der Waals surface area contributed by atoms with Gasteiger partial charge in [0.2, 0.25) is 5.88 Å². The standard InChI is InChI=1S/C12H10BrNO.C7H8BrNO.C6H7BO2.C6H5BrClN.C6H6BrNO.CH3O.2CH4.Na/c1-9-7-10(13)8-14(12(9)15)11-5-3-2-4-6-11;1-5-3-6(8)4-9-7(5)10-2;8-7(9)6-4-2-1-3-5-6;1-4-2-5(7)3-9-6(4)8;1-4-2-5(7)3-8-6(4)9;1-2;;;/h2-8H,1H3;3-4H,1-2H3;1-5,8-9H;2-3H,1H3;2-3H,1H3,(H,8,9);1H3;2*1H4;/q;;;;;-1;;;+1. The normalized spacial score (nSPS) is 8.95. The number of benzene rings is 2. The molecule has 0 fully saturated rings. The molecule has 6 aromatic rings. The Morgan fingerprint density at radius 3 is 1.61 bits per heavy atom. The van der Waals surface area contributed by atoms with Gasteiger partial charge in [0.15, 0.2) is 0 Å². The third kappa shape index (κ3) is 23.1. The van der Waals surface area contributed by atoms with E-state index in [2.05, 4.69) is 78.7 Å². The average molecular weight is 1070 g/mol. The molecule has 4 aromatic heterocycles. The summed E-state index contributed by atoms with van der Waals surface area (Å²) in [7, 11) is 1.02. The van der Waals surface area contributed by atoms with Crippen LogP contribution in [-0.4, -0.2) is 50.9 Å². The molecule has 3 N–H and O–H groups in total. The zero-order valence-corrected chi connectivity index (χ0v) is 40.3. The number of hydrogen-bond acceptors (Lipinski definition) is 8. The molecule has 4 heterocycles. The summed E-state index contributed by atoms with van der Waals surface area (Å²) in [6, 6.07) is 25.7. The Bertz CT molecular complexity index is 2130. The molecule has 0 unspecified atom stereocenters. The van der Waals surface area contributed by atoms with Crippen LogP contribution in [-0.2, 0) is 0 Å². The van der Waals surface area contributed by atoms with Crippen molar-refractivity contribution in [2.24, 2.45) is 0 Å². The van der Waals surface area contributed by atoms with Gasteiger partial charge in [-0.15, -0.1) is 0 Å². The molecule has 57 heavy (non-hydrogen) atoms. The summed E-state index contributed by atoms with van der Waals surface area (Å²) in [5, 5.41) is 26.0. The first-order valence-corrected chi connectivity index (χ1v) is 19.2. The van der Waals surface area contributed by atoms with Crippen LogP contribution in [0.25, 0.3) is 5.69 Å². The fraction of sp³-hybridized carbons (Fsp3) is 0.200. The van der Waals surface area contributed by atoms with Gasteiger partial charge in [-0.25, -0.2) is 9.97 Å². The zero-order chi connectivity index (χ0) is 40.8. The minimum absolute atomic E-state index is 0. The Morgan fingerprint density at radius 2 is 1.19 bits per heavy atom. The molecule has 10 nitrogen and oxygen atoms in total. The van der Waals surface area contributed by atoms with E-state index in [1.807, 2.05) is 75.4 Å². The van der Waals surface area contributed by atoms with E-state index in [1.54, 1.807) is 73.7 Å². The van der Waals surface area contributed by atoms with Crippen molar-refractivity contribution < 1.29 is 49.4 Å². The van der Waals surface area contributed by atoms with Crippen LogP contribution in [0.1, 0.15) is 37.1 Å². The van der Waals surface area contributed by atoms with Crippen molar-refractivity contribution in [3.63, 3.8) is 0 Å².